The van der Waals surface area contributed by atoms with Gasteiger partial charge < -0.3 is 15.2 Å². The van der Waals surface area contributed by atoms with Crippen molar-refractivity contribution in [2.75, 3.05) is 18.4 Å². The topological polar surface area (TPSA) is 65.2 Å². The third kappa shape index (κ3) is 3.79. The molecule has 0 bridgehead atoms. The van der Waals surface area contributed by atoms with E-state index in [9.17, 15) is 9.59 Å². The van der Waals surface area contributed by atoms with Gasteiger partial charge in [0.05, 0.1) is 5.92 Å². The Hall–Kier alpha value is -3.08. The summed E-state index contributed by atoms with van der Waals surface area (Å²) in [4.78, 5) is 30.0. The van der Waals surface area contributed by atoms with Crippen molar-refractivity contribution in [1.82, 2.24) is 9.88 Å². The molecule has 2 heterocycles. The second-order valence-electron chi connectivity index (χ2n) is 7.39. The SMILES string of the molecule is CCc1ccc(NC(=O)C2CC(=O)N(CCc3c[nH]c4ccccc34)C2)cc1. The summed E-state index contributed by atoms with van der Waals surface area (Å²) in [5.41, 5.74) is 4.33. The number of hydrogen-bond donors (Lipinski definition) is 2. The number of hydrogen-bond acceptors (Lipinski definition) is 2. The van der Waals surface area contributed by atoms with E-state index >= 15 is 0 Å². The third-order valence-electron chi connectivity index (χ3n) is 5.54. The molecule has 1 fully saturated rings. The van der Waals surface area contributed by atoms with E-state index < -0.39 is 0 Å². The van der Waals surface area contributed by atoms with E-state index in [1.165, 1.54) is 16.5 Å². The number of aromatic amines is 1. The Bertz CT molecular complexity index is 991. The van der Waals surface area contributed by atoms with Crippen LogP contribution in [0, 0.1) is 5.92 Å². The predicted molar refractivity (Wildman–Crippen MR) is 111 cm³/mol. The number of carbonyl (C=O) groups excluding carboxylic acids is 2. The van der Waals surface area contributed by atoms with Gasteiger partial charge in [0.25, 0.3) is 0 Å². The van der Waals surface area contributed by atoms with E-state index in [2.05, 4.69) is 23.3 Å². The lowest BCUT2D eigenvalue weighted by Crippen LogP contribution is -2.30. The molecule has 2 N–H and O–H groups in total. The minimum atomic E-state index is -0.290. The maximum absolute atomic E-state index is 12.6. The number of anilines is 1. The average molecular weight is 375 g/mol. The standard InChI is InChI=1S/C23H25N3O2/c1-2-16-7-9-19(10-8-16)25-23(28)18-13-22(27)26(15-18)12-11-17-14-24-21-6-4-3-5-20(17)21/h3-10,14,18,24H,2,11-13,15H2,1H3,(H,25,28). The van der Waals surface area contributed by atoms with E-state index in [1.807, 2.05) is 53.6 Å². The van der Waals surface area contributed by atoms with Crippen molar-refractivity contribution >= 4 is 28.4 Å². The van der Waals surface area contributed by atoms with Crippen LogP contribution in [-0.2, 0) is 22.4 Å². The highest BCUT2D eigenvalue weighted by Crippen LogP contribution is 2.23. The number of nitrogens with one attached hydrogen (secondary N) is 2. The maximum atomic E-state index is 12.6. The lowest BCUT2D eigenvalue weighted by Gasteiger charge is -2.16. The van der Waals surface area contributed by atoms with Gasteiger partial charge >= 0.3 is 0 Å². The van der Waals surface area contributed by atoms with E-state index in [1.54, 1.807) is 0 Å². The second kappa shape index (κ2) is 7.89. The lowest BCUT2D eigenvalue weighted by molar-refractivity contribution is -0.128. The highest BCUT2D eigenvalue weighted by Gasteiger charge is 2.34. The number of fused-ring (bicyclic) bond motifs is 1. The van der Waals surface area contributed by atoms with Crippen LogP contribution in [0.5, 0.6) is 0 Å². The normalized spacial score (nSPS) is 16.7. The molecule has 1 aliphatic rings. The van der Waals surface area contributed by atoms with Gasteiger partial charge in [0.1, 0.15) is 0 Å². The van der Waals surface area contributed by atoms with Crippen LogP contribution in [0.25, 0.3) is 10.9 Å². The fraction of sp³-hybridized carbons (Fsp3) is 0.304. The first-order valence-electron chi connectivity index (χ1n) is 9.86. The van der Waals surface area contributed by atoms with E-state index in [0.29, 0.717) is 13.1 Å². The first-order chi connectivity index (χ1) is 13.6. The largest absolute Gasteiger partial charge is 0.361 e. The zero-order valence-electron chi connectivity index (χ0n) is 16.1. The van der Waals surface area contributed by atoms with E-state index in [-0.39, 0.29) is 24.2 Å². The monoisotopic (exact) mass is 375 g/mol. The van der Waals surface area contributed by atoms with Crippen molar-refractivity contribution < 1.29 is 9.59 Å². The molecule has 0 aliphatic carbocycles. The van der Waals surface area contributed by atoms with Gasteiger partial charge in [-0.15, -0.1) is 0 Å². The zero-order chi connectivity index (χ0) is 19.5. The average Bonchev–Trinajstić information content (AvgIpc) is 3.30. The highest BCUT2D eigenvalue weighted by molar-refractivity contribution is 5.97. The number of benzene rings is 2. The molecule has 2 aromatic carbocycles. The van der Waals surface area contributed by atoms with Crippen LogP contribution < -0.4 is 5.32 Å². The molecule has 5 heteroatoms. The minimum Gasteiger partial charge on any atom is -0.361 e. The van der Waals surface area contributed by atoms with Crippen LogP contribution in [0.2, 0.25) is 0 Å². The van der Waals surface area contributed by atoms with Crippen LogP contribution >= 0.6 is 0 Å². The third-order valence-corrected chi connectivity index (χ3v) is 5.54. The molecule has 5 nitrogen and oxygen atoms in total. The number of H-pyrrole nitrogens is 1. The molecule has 1 atom stereocenters. The number of aromatic nitrogens is 1. The molecule has 1 saturated heterocycles. The fourth-order valence-electron chi connectivity index (χ4n) is 3.83. The molecular formula is C23H25N3O2. The van der Waals surface area contributed by atoms with Gasteiger partial charge in [-0.2, -0.15) is 0 Å². The number of nitrogens with zero attached hydrogens (tertiary/aromatic N) is 1. The maximum Gasteiger partial charge on any atom is 0.229 e. The highest BCUT2D eigenvalue weighted by atomic mass is 16.2. The molecule has 0 radical (unpaired) electrons. The van der Waals surface area contributed by atoms with Gasteiger partial charge in [-0.1, -0.05) is 37.3 Å². The van der Waals surface area contributed by atoms with Crippen LogP contribution in [0.4, 0.5) is 5.69 Å². The van der Waals surface area contributed by atoms with Crippen molar-refractivity contribution in [1.29, 1.82) is 0 Å². The van der Waals surface area contributed by atoms with Gasteiger partial charge in [0.2, 0.25) is 11.8 Å². The Kier molecular flexibility index (Phi) is 5.15. The predicted octanol–water partition coefficient (Wildman–Crippen LogP) is 3.76. The Morgan fingerprint density at radius 1 is 1.18 bits per heavy atom. The molecule has 1 unspecified atom stereocenters. The van der Waals surface area contributed by atoms with Gasteiger partial charge in [-0.05, 0) is 42.2 Å². The molecule has 144 valence electrons. The van der Waals surface area contributed by atoms with Gasteiger partial charge in [-0.3, -0.25) is 9.59 Å². The van der Waals surface area contributed by atoms with Crippen LogP contribution in [0.3, 0.4) is 0 Å². The Morgan fingerprint density at radius 2 is 1.96 bits per heavy atom. The number of carbonyl (C=O) groups is 2. The van der Waals surface area contributed by atoms with Gasteiger partial charge in [0, 0.05) is 42.3 Å². The number of likely N-dealkylation sites (tertiary alicyclic amines) is 1. The summed E-state index contributed by atoms with van der Waals surface area (Å²) in [7, 11) is 0. The summed E-state index contributed by atoms with van der Waals surface area (Å²) in [6, 6.07) is 16.0. The van der Waals surface area contributed by atoms with Crippen LogP contribution in [0.15, 0.2) is 54.7 Å². The fourth-order valence-corrected chi connectivity index (χ4v) is 3.83. The number of rotatable bonds is 6. The summed E-state index contributed by atoms with van der Waals surface area (Å²) in [5, 5.41) is 4.14. The molecule has 4 rings (SSSR count). The molecule has 2 amide bonds. The minimum absolute atomic E-state index is 0.0568. The van der Waals surface area contributed by atoms with Crippen molar-refractivity contribution in [3.05, 3.63) is 65.9 Å². The van der Waals surface area contributed by atoms with Crippen molar-refractivity contribution in [2.45, 2.75) is 26.2 Å². The molecule has 0 spiro atoms. The van der Waals surface area contributed by atoms with Crippen LogP contribution in [-0.4, -0.2) is 34.8 Å². The number of aryl methyl sites for hydroxylation is 1. The first-order valence-corrected chi connectivity index (χ1v) is 9.86. The Labute approximate surface area is 164 Å². The Morgan fingerprint density at radius 3 is 2.75 bits per heavy atom. The van der Waals surface area contributed by atoms with Gasteiger partial charge in [-0.25, -0.2) is 0 Å². The molecular weight excluding hydrogens is 350 g/mol. The summed E-state index contributed by atoms with van der Waals surface area (Å²) in [6.45, 7) is 3.22. The summed E-state index contributed by atoms with van der Waals surface area (Å²) < 4.78 is 0. The summed E-state index contributed by atoms with van der Waals surface area (Å²) in [5.74, 6) is -0.310. The molecule has 1 aromatic heterocycles. The molecule has 1 aliphatic heterocycles. The van der Waals surface area contributed by atoms with Crippen molar-refractivity contribution in [3.8, 4) is 0 Å². The van der Waals surface area contributed by atoms with Crippen molar-refractivity contribution in [2.24, 2.45) is 5.92 Å². The summed E-state index contributed by atoms with van der Waals surface area (Å²) >= 11 is 0. The van der Waals surface area contributed by atoms with Crippen LogP contribution in [0.1, 0.15) is 24.5 Å². The summed E-state index contributed by atoms with van der Waals surface area (Å²) in [6.07, 6.45) is 4.04. The number of amides is 2. The van der Waals surface area contributed by atoms with E-state index in [0.717, 1.165) is 24.0 Å². The zero-order valence-corrected chi connectivity index (χ0v) is 16.1. The second-order valence-corrected chi connectivity index (χ2v) is 7.39. The van der Waals surface area contributed by atoms with E-state index in [4.69, 9.17) is 0 Å². The molecule has 0 saturated carbocycles. The lowest BCUT2D eigenvalue weighted by atomic mass is 10.1. The Balaban J connectivity index is 1.34. The van der Waals surface area contributed by atoms with Crippen molar-refractivity contribution in [3.63, 3.8) is 0 Å². The molecule has 28 heavy (non-hydrogen) atoms. The quantitative estimate of drug-likeness (QED) is 0.689. The molecule has 3 aromatic rings. The first kappa shape index (κ1) is 18.3. The smallest absolute Gasteiger partial charge is 0.229 e. The number of para-hydroxylation sites is 1. The van der Waals surface area contributed by atoms with Gasteiger partial charge in [0.15, 0.2) is 0 Å².